The maximum Gasteiger partial charge on any atom is 0.203 e. The fourth-order valence-corrected chi connectivity index (χ4v) is 2.49. The molecule has 2 aromatic carbocycles. The fourth-order valence-electron chi connectivity index (χ4n) is 2.26. The summed E-state index contributed by atoms with van der Waals surface area (Å²) >= 11 is 5.51. The Bertz CT molecular complexity index is 690. The van der Waals surface area contributed by atoms with Crippen LogP contribution in [0.4, 0.5) is 11.4 Å². The topological polar surface area (TPSA) is 43.0 Å². The summed E-state index contributed by atoms with van der Waals surface area (Å²) in [6.07, 6.45) is 0. The van der Waals surface area contributed by atoms with Gasteiger partial charge < -0.3 is 24.4 Å². The molecular weight excluding hydrogens is 324 g/mol. The average Bonchev–Trinajstić information content (AvgIpc) is 2.60. The van der Waals surface area contributed by atoms with Crippen LogP contribution in [0.2, 0.25) is 0 Å². The van der Waals surface area contributed by atoms with Gasteiger partial charge in [-0.05, 0) is 36.4 Å². The zero-order chi connectivity index (χ0) is 17.7. The Hall–Kier alpha value is -2.47. The lowest BCUT2D eigenvalue weighted by molar-refractivity contribution is 0.324. The minimum atomic E-state index is 0.543. The van der Waals surface area contributed by atoms with Crippen molar-refractivity contribution in [2.24, 2.45) is 0 Å². The van der Waals surface area contributed by atoms with Crippen LogP contribution in [-0.4, -0.2) is 40.4 Å². The zero-order valence-corrected chi connectivity index (χ0v) is 15.4. The van der Waals surface area contributed by atoms with Crippen molar-refractivity contribution < 1.29 is 14.2 Å². The highest BCUT2D eigenvalue weighted by Gasteiger charge is 2.15. The van der Waals surface area contributed by atoms with Gasteiger partial charge in [0.05, 0.1) is 21.3 Å². The maximum atomic E-state index is 5.51. The highest BCUT2D eigenvalue weighted by atomic mass is 32.1. The third-order valence-corrected chi connectivity index (χ3v) is 3.91. The van der Waals surface area contributed by atoms with Gasteiger partial charge in [-0.25, -0.2) is 0 Å². The standard InChI is InChI=1S/C18H22N2O3S/c1-20(2)14-8-6-13(7-9-14)19-18(24)12-10-15(21-3)17(23-5)16(11-12)22-4/h6-11H,1-5H3,(H,19,24). The number of ether oxygens (including phenoxy) is 3. The number of nitrogens with zero attached hydrogens (tertiary/aromatic N) is 1. The molecule has 0 saturated heterocycles. The van der Waals surface area contributed by atoms with Crippen molar-refractivity contribution in [1.29, 1.82) is 0 Å². The summed E-state index contributed by atoms with van der Waals surface area (Å²) in [5.74, 6) is 1.68. The van der Waals surface area contributed by atoms with Crippen LogP contribution in [-0.2, 0) is 0 Å². The van der Waals surface area contributed by atoms with E-state index in [0.717, 1.165) is 16.9 Å². The van der Waals surface area contributed by atoms with Crippen LogP contribution in [0.25, 0.3) is 0 Å². The van der Waals surface area contributed by atoms with Gasteiger partial charge in [0.1, 0.15) is 4.99 Å². The maximum absolute atomic E-state index is 5.51. The fraction of sp³-hybridized carbons (Fsp3) is 0.278. The Labute approximate surface area is 148 Å². The Morgan fingerprint density at radius 1 is 0.917 bits per heavy atom. The third-order valence-electron chi connectivity index (χ3n) is 3.57. The van der Waals surface area contributed by atoms with Crippen LogP contribution in [0.1, 0.15) is 5.56 Å². The van der Waals surface area contributed by atoms with E-state index in [4.69, 9.17) is 26.4 Å². The zero-order valence-electron chi connectivity index (χ0n) is 14.5. The van der Waals surface area contributed by atoms with Crippen LogP contribution >= 0.6 is 12.2 Å². The first kappa shape index (κ1) is 17.9. The van der Waals surface area contributed by atoms with Gasteiger partial charge in [0.15, 0.2) is 11.5 Å². The first-order valence-electron chi connectivity index (χ1n) is 7.39. The molecular formula is C18H22N2O3S. The molecule has 0 heterocycles. The number of rotatable bonds is 6. The van der Waals surface area contributed by atoms with Crippen LogP contribution in [0.15, 0.2) is 36.4 Å². The van der Waals surface area contributed by atoms with Gasteiger partial charge in [-0.3, -0.25) is 0 Å². The molecule has 0 atom stereocenters. The Morgan fingerprint density at radius 2 is 1.46 bits per heavy atom. The molecule has 0 unspecified atom stereocenters. The lowest BCUT2D eigenvalue weighted by atomic mass is 10.1. The molecule has 0 spiro atoms. The largest absolute Gasteiger partial charge is 0.493 e. The molecule has 0 aliphatic heterocycles. The molecule has 2 aromatic rings. The quantitative estimate of drug-likeness (QED) is 0.807. The van der Waals surface area contributed by atoms with E-state index >= 15 is 0 Å². The lowest BCUT2D eigenvalue weighted by Gasteiger charge is -2.16. The van der Waals surface area contributed by atoms with E-state index in [0.29, 0.717) is 22.2 Å². The van der Waals surface area contributed by atoms with Crippen molar-refractivity contribution in [1.82, 2.24) is 0 Å². The summed E-state index contributed by atoms with van der Waals surface area (Å²) in [6.45, 7) is 0. The molecule has 0 aliphatic rings. The molecule has 6 heteroatoms. The van der Waals surface area contributed by atoms with E-state index in [1.165, 1.54) is 0 Å². The highest BCUT2D eigenvalue weighted by molar-refractivity contribution is 7.81. The Kier molecular flexibility index (Phi) is 5.87. The first-order valence-corrected chi connectivity index (χ1v) is 7.79. The number of hydrogen-bond acceptors (Lipinski definition) is 5. The summed E-state index contributed by atoms with van der Waals surface area (Å²) in [5, 5.41) is 3.23. The van der Waals surface area contributed by atoms with Crippen molar-refractivity contribution in [3.63, 3.8) is 0 Å². The smallest absolute Gasteiger partial charge is 0.203 e. The van der Waals surface area contributed by atoms with E-state index in [1.54, 1.807) is 21.3 Å². The molecule has 2 rings (SSSR count). The van der Waals surface area contributed by atoms with Crippen LogP contribution in [0.3, 0.4) is 0 Å². The molecule has 0 aliphatic carbocycles. The number of nitrogens with one attached hydrogen (secondary N) is 1. The van der Waals surface area contributed by atoms with E-state index in [1.807, 2.05) is 55.4 Å². The van der Waals surface area contributed by atoms with Crippen molar-refractivity contribution in [3.05, 3.63) is 42.0 Å². The summed E-state index contributed by atoms with van der Waals surface area (Å²) < 4.78 is 16.1. The molecule has 0 aromatic heterocycles. The van der Waals surface area contributed by atoms with Crippen molar-refractivity contribution >= 4 is 28.6 Å². The van der Waals surface area contributed by atoms with Crippen LogP contribution < -0.4 is 24.4 Å². The van der Waals surface area contributed by atoms with Crippen molar-refractivity contribution in [2.75, 3.05) is 45.6 Å². The SMILES string of the molecule is COc1cc(C(=S)Nc2ccc(N(C)C)cc2)cc(OC)c1OC. The molecule has 24 heavy (non-hydrogen) atoms. The number of anilines is 2. The molecule has 5 nitrogen and oxygen atoms in total. The predicted octanol–water partition coefficient (Wildman–Crippen LogP) is 3.57. The van der Waals surface area contributed by atoms with Crippen LogP contribution in [0.5, 0.6) is 17.2 Å². The molecule has 0 amide bonds. The third kappa shape index (κ3) is 3.89. The molecule has 0 fully saturated rings. The van der Waals surface area contributed by atoms with Gasteiger partial charge in [0.2, 0.25) is 5.75 Å². The predicted molar refractivity (Wildman–Crippen MR) is 102 cm³/mol. The van der Waals surface area contributed by atoms with Crippen molar-refractivity contribution in [2.45, 2.75) is 0 Å². The summed E-state index contributed by atoms with van der Waals surface area (Å²) in [6, 6.07) is 11.7. The van der Waals surface area contributed by atoms with E-state index in [2.05, 4.69) is 5.32 Å². The van der Waals surface area contributed by atoms with E-state index in [-0.39, 0.29) is 0 Å². The number of hydrogen-bond donors (Lipinski definition) is 1. The van der Waals surface area contributed by atoms with Crippen LogP contribution in [0, 0.1) is 0 Å². The molecule has 0 bridgehead atoms. The molecule has 1 N–H and O–H groups in total. The van der Waals surface area contributed by atoms with Gasteiger partial charge >= 0.3 is 0 Å². The second-order valence-corrected chi connectivity index (χ2v) is 5.72. The average molecular weight is 346 g/mol. The van der Waals surface area contributed by atoms with E-state index in [9.17, 15) is 0 Å². The molecule has 0 saturated carbocycles. The van der Waals surface area contributed by atoms with Gasteiger partial charge in [-0.2, -0.15) is 0 Å². The van der Waals surface area contributed by atoms with Gasteiger partial charge in [-0.15, -0.1) is 0 Å². The first-order chi connectivity index (χ1) is 11.5. The summed E-state index contributed by atoms with van der Waals surface area (Å²) in [4.78, 5) is 2.62. The molecule has 0 radical (unpaired) electrons. The number of benzene rings is 2. The Balaban J connectivity index is 2.26. The monoisotopic (exact) mass is 346 g/mol. The second kappa shape index (κ2) is 7.88. The normalized spacial score (nSPS) is 10.0. The van der Waals surface area contributed by atoms with Gasteiger partial charge in [0.25, 0.3) is 0 Å². The minimum Gasteiger partial charge on any atom is -0.493 e. The van der Waals surface area contributed by atoms with Gasteiger partial charge in [0, 0.05) is 31.0 Å². The number of thiocarbonyl (C=S) groups is 1. The Morgan fingerprint density at radius 3 is 1.88 bits per heavy atom. The summed E-state index contributed by atoms with van der Waals surface area (Å²) in [7, 11) is 8.74. The van der Waals surface area contributed by atoms with Crippen molar-refractivity contribution in [3.8, 4) is 17.2 Å². The second-order valence-electron chi connectivity index (χ2n) is 5.31. The minimum absolute atomic E-state index is 0.543. The molecule has 128 valence electrons. The van der Waals surface area contributed by atoms with Gasteiger partial charge in [-0.1, -0.05) is 12.2 Å². The lowest BCUT2D eigenvalue weighted by Crippen LogP contribution is -2.12. The summed E-state index contributed by atoms with van der Waals surface area (Å²) in [5.41, 5.74) is 2.83. The van der Waals surface area contributed by atoms with E-state index < -0.39 is 0 Å². The highest BCUT2D eigenvalue weighted by Crippen LogP contribution is 2.38. The number of methoxy groups -OCH3 is 3.